The highest BCUT2D eigenvalue weighted by Gasteiger charge is 2.53. The van der Waals surface area contributed by atoms with Crippen LogP contribution in [0, 0.1) is 0 Å². The summed E-state index contributed by atoms with van der Waals surface area (Å²) in [5, 5.41) is 0. The van der Waals surface area contributed by atoms with Gasteiger partial charge in [0.05, 0.1) is 9.49 Å². The Balaban J connectivity index is 2.22. The highest BCUT2D eigenvalue weighted by molar-refractivity contribution is 8.13. The molecule has 0 aromatic carbocycles. The van der Waals surface area contributed by atoms with E-state index >= 15 is 0 Å². The third kappa shape index (κ3) is 1.47. The van der Waals surface area contributed by atoms with Crippen molar-refractivity contribution in [2.45, 2.75) is 64.9 Å². The van der Waals surface area contributed by atoms with Crippen molar-refractivity contribution in [3.63, 3.8) is 0 Å². The molecule has 1 aliphatic heterocycles. The predicted octanol–water partition coefficient (Wildman–Crippen LogP) is 6.23. The number of thioether (sulfide) groups is 2. The van der Waals surface area contributed by atoms with Crippen molar-refractivity contribution < 1.29 is 0 Å². The van der Waals surface area contributed by atoms with Gasteiger partial charge in [0.25, 0.3) is 0 Å². The molecule has 0 saturated carbocycles. The van der Waals surface area contributed by atoms with Gasteiger partial charge in [-0.1, -0.05) is 0 Å². The summed E-state index contributed by atoms with van der Waals surface area (Å²) in [6, 6.07) is 0. The van der Waals surface area contributed by atoms with E-state index < -0.39 is 0 Å². The van der Waals surface area contributed by atoms with Crippen molar-refractivity contribution in [2.24, 2.45) is 0 Å². The summed E-state index contributed by atoms with van der Waals surface area (Å²) in [5.41, 5.74) is 9.13. The monoisotopic (exact) mass is 304 g/mol. The minimum atomic E-state index is 0.167. The van der Waals surface area contributed by atoms with Crippen LogP contribution in [0.15, 0.2) is 43.2 Å². The second kappa shape index (κ2) is 4.10. The minimum Gasteiger partial charge on any atom is -0.112 e. The van der Waals surface area contributed by atoms with Gasteiger partial charge < -0.3 is 0 Å². The summed E-state index contributed by atoms with van der Waals surface area (Å²) < 4.78 is 0.333. The van der Waals surface area contributed by atoms with E-state index in [1.165, 1.54) is 22.3 Å². The first-order valence-corrected chi connectivity index (χ1v) is 8.95. The van der Waals surface area contributed by atoms with Crippen LogP contribution in [-0.4, -0.2) is 9.49 Å². The fourth-order valence-electron chi connectivity index (χ4n) is 3.68. The predicted molar refractivity (Wildman–Crippen MR) is 94.1 cm³/mol. The fourth-order valence-corrected chi connectivity index (χ4v) is 7.41. The average Bonchev–Trinajstić information content (AvgIpc) is 2.67. The number of rotatable bonds is 0. The molecular formula is C18H24S2. The SMILES string of the molecule is CC1=C(C)C2(C)SC3=C(C)C(C)=C(C)C3(C)SC2=C1C. The summed E-state index contributed by atoms with van der Waals surface area (Å²) in [6.45, 7) is 18.7. The quantitative estimate of drug-likeness (QED) is 0.520. The molecule has 2 unspecified atom stereocenters. The molecule has 1 saturated heterocycles. The van der Waals surface area contributed by atoms with Crippen LogP contribution in [0.25, 0.3) is 0 Å². The summed E-state index contributed by atoms with van der Waals surface area (Å²) in [6.07, 6.45) is 0. The van der Waals surface area contributed by atoms with Crippen LogP contribution in [0.3, 0.4) is 0 Å². The first kappa shape index (κ1) is 14.6. The molecule has 2 heteroatoms. The van der Waals surface area contributed by atoms with Crippen LogP contribution in [-0.2, 0) is 0 Å². The maximum Gasteiger partial charge on any atom is 0.0698 e. The molecule has 3 rings (SSSR count). The number of hydrogen-bond acceptors (Lipinski definition) is 2. The second-order valence-electron chi connectivity index (χ2n) is 6.68. The van der Waals surface area contributed by atoms with Crippen LogP contribution in [0.5, 0.6) is 0 Å². The van der Waals surface area contributed by atoms with Gasteiger partial charge in [0.1, 0.15) is 0 Å². The van der Waals surface area contributed by atoms with E-state index in [0.717, 1.165) is 0 Å². The Hall–Kier alpha value is -0.340. The molecule has 2 atom stereocenters. The van der Waals surface area contributed by atoms with Gasteiger partial charge in [-0.2, -0.15) is 0 Å². The maximum atomic E-state index is 2.41. The molecule has 1 heterocycles. The zero-order valence-electron chi connectivity index (χ0n) is 13.8. The maximum absolute atomic E-state index is 2.41. The molecule has 3 aliphatic rings. The Morgan fingerprint density at radius 3 is 1.15 bits per heavy atom. The van der Waals surface area contributed by atoms with Crippen LogP contribution >= 0.6 is 23.5 Å². The molecule has 1 fully saturated rings. The summed E-state index contributed by atoms with van der Waals surface area (Å²) in [7, 11) is 0. The topological polar surface area (TPSA) is 0 Å². The van der Waals surface area contributed by atoms with E-state index in [1.54, 1.807) is 21.0 Å². The van der Waals surface area contributed by atoms with Gasteiger partial charge >= 0.3 is 0 Å². The van der Waals surface area contributed by atoms with Gasteiger partial charge in [-0.3, -0.25) is 0 Å². The Morgan fingerprint density at radius 1 is 0.550 bits per heavy atom. The molecule has 0 nitrogen and oxygen atoms in total. The largest absolute Gasteiger partial charge is 0.112 e. The summed E-state index contributed by atoms with van der Waals surface area (Å²) >= 11 is 4.21. The van der Waals surface area contributed by atoms with Gasteiger partial charge in [-0.15, -0.1) is 23.5 Å². The third-order valence-corrected chi connectivity index (χ3v) is 9.77. The van der Waals surface area contributed by atoms with Crippen LogP contribution in [0.4, 0.5) is 0 Å². The van der Waals surface area contributed by atoms with Gasteiger partial charge in [-0.05, 0) is 88.8 Å². The van der Waals surface area contributed by atoms with Crippen molar-refractivity contribution in [1.29, 1.82) is 0 Å². The number of fused-ring (bicyclic) bond motifs is 2. The van der Waals surface area contributed by atoms with Gasteiger partial charge in [0.2, 0.25) is 0 Å². The first-order valence-electron chi connectivity index (χ1n) is 7.32. The first-order chi connectivity index (χ1) is 9.14. The normalized spacial score (nSPS) is 37.2. The van der Waals surface area contributed by atoms with E-state index in [4.69, 9.17) is 0 Å². The lowest BCUT2D eigenvalue weighted by atomic mass is 10.0. The van der Waals surface area contributed by atoms with E-state index in [0.29, 0.717) is 0 Å². The van der Waals surface area contributed by atoms with Crippen LogP contribution < -0.4 is 0 Å². The fraction of sp³-hybridized carbons (Fsp3) is 0.556. The molecule has 0 radical (unpaired) electrons. The average molecular weight is 305 g/mol. The molecular weight excluding hydrogens is 280 g/mol. The zero-order valence-corrected chi connectivity index (χ0v) is 15.4. The number of hydrogen-bond donors (Lipinski definition) is 0. The summed E-state index contributed by atoms with van der Waals surface area (Å²) in [4.78, 5) is 3.18. The van der Waals surface area contributed by atoms with E-state index in [2.05, 4.69) is 78.9 Å². The van der Waals surface area contributed by atoms with E-state index in [9.17, 15) is 0 Å². The Labute approximate surface area is 131 Å². The van der Waals surface area contributed by atoms with Crippen molar-refractivity contribution >= 4 is 23.5 Å². The lowest BCUT2D eigenvalue weighted by Crippen LogP contribution is -2.35. The Bertz CT molecular complexity index is 599. The zero-order chi connectivity index (χ0) is 15.0. The van der Waals surface area contributed by atoms with Gasteiger partial charge in [0.15, 0.2) is 0 Å². The van der Waals surface area contributed by atoms with E-state index in [1.807, 2.05) is 0 Å². The molecule has 0 N–H and O–H groups in total. The molecule has 108 valence electrons. The van der Waals surface area contributed by atoms with Crippen molar-refractivity contribution in [3.05, 3.63) is 43.2 Å². The van der Waals surface area contributed by atoms with Crippen molar-refractivity contribution in [2.75, 3.05) is 0 Å². The third-order valence-electron chi connectivity index (χ3n) is 5.84. The van der Waals surface area contributed by atoms with Gasteiger partial charge in [0, 0.05) is 9.81 Å². The lowest BCUT2D eigenvalue weighted by Gasteiger charge is -2.44. The molecule has 20 heavy (non-hydrogen) atoms. The minimum absolute atomic E-state index is 0.167. The van der Waals surface area contributed by atoms with Crippen molar-refractivity contribution in [1.82, 2.24) is 0 Å². The second-order valence-corrected chi connectivity index (χ2v) is 9.54. The lowest BCUT2D eigenvalue weighted by molar-refractivity contribution is 0.870. The van der Waals surface area contributed by atoms with Crippen molar-refractivity contribution in [3.8, 4) is 0 Å². The molecule has 0 aromatic rings. The molecule has 0 amide bonds. The summed E-state index contributed by atoms with van der Waals surface area (Å²) in [5.74, 6) is 0. The molecule has 0 bridgehead atoms. The molecule has 2 aliphatic carbocycles. The Morgan fingerprint density at radius 2 is 0.850 bits per heavy atom. The molecule has 0 spiro atoms. The molecule has 0 aromatic heterocycles. The van der Waals surface area contributed by atoms with Crippen LogP contribution in [0.2, 0.25) is 0 Å². The Kier molecular flexibility index (Phi) is 2.99. The van der Waals surface area contributed by atoms with Gasteiger partial charge in [-0.25, -0.2) is 0 Å². The smallest absolute Gasteiger partial charge is 0.0698 e. The number of allylic oxidation sites excluding steroid dienone is 4. The standard InChI is InChI=1S/C18H24S2/c1-9-11(3)15-17(7,13(9)5)20-16-12(4)10(2)14(6)18(16,8)19-15/h1-8H3. The highest BCUT2D eigenvalue weighted by atomic mass is 32.2. The highest BCUT2D eigenvalue weighted by Crippen LogP contribution is 2.69. The van der Waals surface area contributed by atoms with E-state index in [-0.39, 0.29) is 9.49 Å². The van der Waals surface area contributed by atoms with Crippen LogP contribution in [0.1, 0.15) is 55.4 Å².